The highest BCUT2D eigenvalue weighted by molar-refractivity contribution is 6.24. The van der Waals surface area contributed by atoms with E-state index < -0.39 is 11.9 Å². The molecule has 3 aromatic rings. The van der Waals surface area contributed by atoms with Crippen LogP contribution in [0, 0.1) is 0 Å². The highest BCUT2D eigenvalue weighted by atomic mass is 16.5. The molecule has 0 spiro atoms. The first kappa shape index (κ1) is 17.4. The SMILES string of the molecule is COC(=O)c1cc2ccccc2c(C(=O)c2ccccc2)c1C(=O)OC. The van der Waals surface area contributed by atoms with Crippen molar-refractivity contribution in [3.8, 4) is 0 Å². The molecule has 26 heavy (non-hydrogen) atoms. The molecule has 0 unspecified atom stereocenters. The number of benzene rings is 3. The standard InChI is InChI=1S/C21H16O5/c1-25-20(23)16-12-14-10-6-7-11-15(14)17(18(16)21(24)26-2)19(22)13-8-4-3-5-9-13/h3-12H,1-2H3. The summed E-state index contributed by atoms with van der Waals surface area (Å²) < 4.78 is 9.65. The normalized spacial score (nSPS) is 10.4. The maximum absolute atomic E-state index is 13.2. The summed E-state index contributed by atoms with van der Waals surface area (Å²) in [6.07, 6.45) is 0. The minimum absolute atomic E-state index is 0.00247. The van der Waals surface area contributed by atoms with E-state index >= 15 is 0 Å². The number of hydrogen-bond donors (Lipinski definition) is 0. The molecule has 0 saturated heterocycles. The molecule has 0 bridgehead atoms. The van der Waals surface area contributed by atoms with Gasteiger partial charge in [-0.25, -0.2) is 9.59 Å². The molecule has 0 fully saturated rings. The van der Waals surface area contributed by atoms with Crippen LogP contribution in [0.4, 0.5) is 0 Å². The quantitative estimate of drug-likeness (QED) is 0.532. The van der Waals surface area contributed by atoms with E-state index in [-0.39, 0.29) is 22.5 Å². The van der Waals surface area contributed by atoms with Crippen LogP contribution in [0.25, 0.3) is 10.8 Å². The van der Waals surface area contributed by atoms with Gasteiger partial charge in [-0.3, -0.25) is 4.79 Å². The molecule has 0 heterocycles. The lowest BCUT2D eigenvalue weighted by molar-refractivity contribution is 0.0554. The van der Waals surface area contributed by atoms with Crippen LogP contribution in [0.15, 0.2) is 60.7 Å². The number of ketones is 1. The molecule has 0 aromatic heterocycles. The Bertz CT molecular complexity index is 1010. The van der Waals surface area contributed by atoms with Crippen LogP contribution in [0.1, 0.15) is 36.6 Å². The minimum Gasteiger partial charge on any atom is -0.465 e. The summed E-state index contributed by atoms with van der Waals surface area (Å²) in [7, 11) is 2.42. The summed E-state index contributed by atoms with van der Waals surface area (Å²) in [5, 5.41) is 1.22. The van der Waals surface area contributed by atoms with Crippen molar-refractivity contribution in [1.82, 2.24) is 0 Å². The van der Waals surface area contributed by atoms with Crippen LogP contribution in [-0.2, 0) is 9.47 Å². The monoisotopic (exact) mass is 348 g/mol. The van der Waals surface area contributed by atoms with Crippen LogP contribution in [0.2, 0.25) is 0 Å². The summed E-state index contributed by atoms with van der Waals surface area (Å²) in [6, 6.07) is 17.2. The van der Waals surface area contributed by atoms with Gasteiger partial charge in [-0.15, -0.1) is 0 Å². The second-order valence-electron chi connectivity index (χ2n) is 5.57. The topological polar surface area (TPSA) is 69.7 Å². The number of methoxy groups -OCH3 is 2. The van der Waals surface area contributed by atoms with Gasteiger partial charge in [0.05, 0.1) is 25.3 Å². The van der Waals surface area contributed by atoms with Crippen molar-refractivity contribution < 1.29 is 23.9 Å². The molecular weight excluding hydrogens is 332 g/mol. The molecule has 0 saturated carbocycles. The van der Waals surface area contributed by atoms with Gasteiger partial charge in [-0.1, -0.05) is 54.6 Å². The number of ether oxygens (including phenoxy) is 2. The van der Waals surface area contributed by atoms with Crippen LogP contribution >= 0.6 is 0 Å². The molecule has 0 atom stereocenters. The summed E-state index contributed by atoms with van der Waals surface area (Å²) in [6.45, 7) is 0. The Hall–Kier alpha value is -3.47. The van der Waals surface area contributed by atoms with E-state index in [0.29, 0.717) is 16.3 Å². The Balaban J connectivity index is 2.42. The predicted molar refractivity (Wildman–Crippen MR) is 96.5 cm³/mol. The zero-order valence-electron chi connectivity index (χ0n) is 14.3. The molecule has 0 amide bonds. The second kappa shape index (κ2) is 7.19. The number of carbonyl (C=O) groups excluding carboxylic acids is 3. The Kier molecular flexibility index (Phi) is 4.80. The van der Waals surface area contributed by atoms with Crippen LogP contribution in [0.3, 0.4) is 0 Å². The minimum atomic E-state index is -0.768. The van der Waals surface area contributed by atoms with Gasteiger partial charge in [0, 0.05) is 11.1 Å². The number of carbonyl (C=O) groups is 3. The molecular formula is C21H16O5. The van der Waals surface area contributed by atoms with Crippen molar-refractivity contribution in [1.29, 1.82) is 0 Å². The fourth-order valence-electron chi connectivity index (χ4n) is 2.90. The van der Waals surface area contributed by atoms with Crippen molar-refractivity contribution in [3.05, 3.63) is 82.9 Å². The van der Waals surface area contributed by atoms with Gasteiger partial charge in [0.2, 0.25) is 0 Å². The average Bonchev–Trinajstić information content (AvgIpc) is 2.71. The van der Waals surface area contributed by atoms with Gasteiger partial charge >= 0.3 is 11.9 Å². The van der Waals surface area contributed by atoms with Crippen molar-refractivity contribution in [2.75, 3.05) is 14.2 Å². The third-order valence-corrected chi connectivity index (χ3v) is 4.11. The molecule has 0 aliphatic rings. The molecule has 3 rings (SSSR count). The number of fused-ring (bicyclic) bond motifs is 1. The van der Waals surface area contributed by atoms with E-state index in [1.54, 1.807) is 54.6 Å². The van der Waals surface area contributed by atoms with Crippen LogP contribution in [0.5, 0.6) is 0 Å². The van der Waals surface area contributed by atoms with Crippen molar-refractivity contribution in [2.45, 2.75) is 0 Å². The Labute approximate surface area is 150 Å². The third-order valence-electron chi connectivity index (χ3n) is 4.11. The Morgan fingerprint density at radius 2 is 1.35 bits per heavy atom. The Morgan fingerprint density at radius 1 is 0.731 bits per heavy atom. The zero-order valence-corrected chi connectivity index (χ0v) is 14.3. The van der Waals surface area contributed by atoms with Gasteiger partial charge in [0.25, 0.3) is 0 Å². The van der Waals surface area contributed by atoms with Crippen molar-refractivity contribution >= 4 is 28.5 Å². The molecule has 5 heteroatoms. The molecule has 0 aliphatic carbocycles. The predicted octanol–water partition coefficient (Wildman–Crippen LogP) is 3.64. The molecule has 0 aliphatic heterocycles. The maximum Gasteiger partial charge on any atom is 0.339 e. The van der Waals surface area contributed by atoms with E-state index in [1.165, 1.54) is 20.3 Å². The number of rotatable bonds is 4. The summed E-state index contributed by atoms with van der Waals surface area (Å²) >= 11 is 0. The van der Waals surface area contributed by atoms with E-state index in [1.807, 2.05) is 0 Å². The van der Waals surface area contributed by atoms with Gasteiger partial charge in [-0.2, -0.15) is 0 Å². The van der Waals surface area contributed by atoms with Gasteiger partial charge < -0.3 is 9.47 Å². The second-order valence-corrected chi connectivity index (χ2v) is 5.57. The van der Waals surface area contributed by atoms with Crippen molar-refractivity contribution in [3.63, 3.8) is 0 Å². The zero-order chi connectivity index (χ0) is 18.7. The summed E-state index contributed by atoms with van der Waals surface area (Å²) in [5.41, 5.74) is 0.440. The summed E-state index contributed by atoms with van der Waals surface area (Å²) in [4.78, 5) is 37.9. The lowest BCUT2D eigenvalue weighted by atomic mass is 9.89. The lowest BCUT2D eigenvalue weighted by Crippen LogP contribution is -2.18. The highest BCUT2D eigenvalue weighted by Crippen LogP contribution is 2.29. The van der Waals surface area contributed by atoms with Crippen LogP contribution < -0.4 is 0 Å². The lowest BCUT2D eigenvalue weighted by Gasteiger charge is -2.15. The molecule has 130 valence electrons. The molecule has 0 radical (unpaired) electrons. The third kappa shape index (κ3) is 2.95. The molecule has 5 nitrogen and oxygen atoms in total. The number of esters is 2. The number of hydrogen-bond acceptors (Lipinski definition) is 5. The van der Waals surface area contributed by atoms with E-state index in [0.717, 1.165) is 0 Å². The van der Waals surface area contributed by atoms with Gasteiger partial charge in [-0.05, 0) is 16.8 Å². The largest absolute Gasteiger partial charge is 0.465 e. The first-order valence-corrected chi connectivity index (χ1v) is 7.90. The van der Waals surface area contributed by atoms with E-state index in [2.05, 4.69) is 0 Å². The first-order valence-electron chi connectivity index (χ1n) is 7.90. The fourth-order valence-corrected chi connectivity index (χ4v) is 2.90. The summed E-state index contributed by atoms with van der Waals surface area (Å²) in [5.74, 6) is -1.85. The fraction of sp³-hybridized carbons (Fsp3) is 0.0952. The van der Waals surface area contributed by atoms with Crippen LogP contribution in [-0.4, -0.2) is 31.9 Å². The van der Waals surface area contributed by atoms with Crippen molar-refractivity contribution in [2.24, 2.45) is 0 Å². The van der Waals surface area contributed by atoms with Gasteiger partial charge in [0.1, 0.15) is 0 Å². The van der Waals surface area contributed by atoms with Gasteiger partial charge in [0.15, 0.2) is 5.78 Å². The maximum atomic E-state index is 13.2. The Morgan fingerprint density at radius 3 is 2.00 bits per heavy atom. The average molecular weight is 348 g/mol. The first-order chi connectivity index (χ1) is 12.6. The van der Waals surface area contributed by atoms with E-state index in [4.69, 9.17) is 9.47 Å². The highest BCUT2D eigenvalue weighted by Gasteiger charge is 2.28. The van der Waals surface area contributed by atoms with E-state index in [9.17, 15) is 14.4 Å². The molecule has 3 aromatic carbocycles. The smallest absolute Gasteiger partial charge is 0.339 e. The molecule has 0 N–H and O–H groups in total.